The molecule has 0 saturated carbocycles. The van der Waals surface area contributed by atoms with Crippen molar-refractivity contribution in [3.8, 4) is 0 Å². The van der Waals surface area contributed by atoms with Crippen LogP contribution in [0.25, 0.3) is 0 Å². The van der Waals surface area contributed by atoms with E-state index in [4.69, 9.17) is 16.7 Å². The maximum atomic E-state index is 6.50. The van der Waals surface area contributed by atoms with E-state index in [-0.39, 0.29) is 6.04 Å². The van der Waals surface area contributed by atoms with Crippen LogP contribution in [0.15, 0.2) is 84.0 Å². The summed E-state index contributed by atoms with van der Waals surface area (Å²) < 4.78 is 0. The molecule has 1 atom stereocenters. The smallest absolute Gasteiger partial charge is 0.0846 e. The maximum Gasteiger partial charge on any atom is 0.0846 e. The highest BCUT2D eigenvalue weighted by atomic mass is 35.5. The third kappa shape index (κ3) is 3.18. The van der Waals surface area contributed by atoms with Gasteiger partial charge in [0, 0.05) is 11.4 Å². The zero-order valence-corrected chi connectivity index (χ0v) is 14.8. The summed E-state index contributed by atoms with van der Waals surface area (Å²) in [6.07, 6.45) is 0.835. The van der Waals surface area contributed by atoms with E-state index in [0.717, 1.165) is 28.4 Å². The summed E-state index contributed by atoms with van der Waals surface area (Å²) in [4.78, 5) is 0. The van der Waals surface area contributed by atoms with Crippen LogP contribution < -0.4 is 5.01 Å². The van der Waals surface area contributed by atoms with Crippen molar-refractivity contribution in [1.82, 2.24) is 0 Å². The second kappa shape index (κ2) is 6.73. The minimum atomic E-state index is 0.103. The topological polar surface area (TPSA) is 15.6 Å². The third-order valence-corrected chi connectivity index (χ3v) is 4.89. The summed E-state index contributed by atoms with van der Waals surface area (Å²) in [5, 5.41) is 7.84. The fraction of sp³-hybridized carbons (Fsp3) is 0.136. The summed E-state index contributed by atoms with van der Waals surface area (Å²) in [6.45, 7) is 2.11. The van der Waals surface area contributed by atoms with Crippen molar-refractivity contribution >= 4 is 23.0 Å². The molecule has 0 fully saturated rings. The molecular formula is C22H19ClN2. The zero-order valence-electron chi connectivity index (χ0n) is 14.1. The van der Waals surface area contributed by atoms with Crippen molar-refractivity contribution in [1.29, 1.82) is 0 Å². The lowest BCUT2D eigenvalue weighted by atomic mass is 9.97. The number of anilines is 1. The van der Waals surface area contributed by atoms with Crippen LogP contribution in [0.2, 0.25) is 5.02 Å². The molecule has 0 radical (unpaired) electrons. The molecule has 4 rings (SSSR count). The van der Waals surface area contributed by atoms with Crippen molar-refractivity contribution in [2.75, 3.05) is 5.01 Å². The van der Waals surface area contributed by atoms with Crippen molar-refractivity contribution in [3.05, 3.63) is 101 Å². The molecule has 3 aromatic rings. The molecule has 0 amide bonds. The van der Waals surface area contributed by atoms with Crippen LogP contribution in [0, 0.1) is 6.92 Å². The van der Waals surface area contributed by atoms with Crippen LogP contribution in [0.5, 0.6) is 0 Å². The van der Waals surface area contributed by atoms with Gasteiger partial charge >= 0.3 is 0 Å². The average Bonchev–Trinajstić information content (AvgIpc) is 3.08. The number of hydrazone groups is 1. The van der Waals surface area contributed by atoms with Crippen molar-refractivity contribution in [3.63, 3.8) is 0 Å². The lowest BCUT2D eigenvalue weighted by molar-refractivity contribution is 0.709. The van der Waals surface area contributed by atoms with Crippen LogP contribution in [0.1, 0.15) is 29.2 Å². The Hall–Kier alpha value is -2.58. The van der Waals surface area contributed by atoms with Crippen molar-refractivity contribution < 1.29 is 0 Å². The molecule has 1 heterocycles. The van der Waals surface area contributed by atoms with Crippen LogP contribution in [-0.2, 0) is 0 Å². The minimum absolute atomic E-state index is 0.103. The van der Waals surface area contributed by atoms with Gasteiger partial charge in [0.15, 0.2) is 0 Å². The van der Waals surface area contributed by atoms with Crippen LogP contribution in [0.3, 0.4) is 0 Å². The van der Waals surface area contributed by atoms with Gasteiger partial charge in [-0.2, -0.15) is 5.10 Å². The molecule has 2 nitrogen and oxygen atoms in total. The van der Waals surface area contributed by atoms with Gasteiger partial charge in [0.05, 0.1) is 17.4 Å². The molecule has 0 aromatic heterocycles. The third-order valence-electron chi connectivity index (χ3n) is 4.55. The fourth-order valence-electron chi connectivity index (χ4n) is 3.32. The fourth-order valence-corrected chi connectivity index (χ4v) is 3.58. The number of para-hydroxylation sites is 1. The monoisotopic (exact) mass is 346 g/mol. The molecule has 3 aromatic carbocycles. The molecule has 124 valence electrons. The van der Waals surface area contributed by atoms with Gasteiger partial charge in [-0.15, -0.1) is 0 Å². The molecule has 0 N–H and O–H groups in total. The van der Waals surface area contributed by atoms with E-state index in [1.165, 1.54) is 11.1 Å². The van der Waals surface area contributed by atoms with Gasteiger partial charge in [-0.1, -0.05) is 77.8 Å². The predicted octanol–water partition coefficient (Wildman–Crippen LogP) is 6.00. The quantitative estimate of drug-likeness (QED) is 0.567. The lowest BCUT2D eigenvalue weighted by Crippen LogP contribution is -2.18. The first kappa shape index (κ1) is 15.9. The number of rotatable bonds is 3. The van der Waals surface area contributed by atoms with E-state index in [0.29, 0.717) is 0 Å². The van der Waals surface area contributed by atoms with Crippen LogP contribution in [-0.4, -0.2) is 5.71 Å². The van der Waals surface area contributed by atoms with Gasteiger partial charge < -0.3 is 0 Å². The molecule has 1 aliphatic rings. The summed E-state index contributed by atoms with van der Waals surface area (Å²) in [6, 6.07) is 27.0. The van der Waals surface area contributed by atoms with E-state index in [1.54, 1.807) is 0 Å². The maximum absolute atomic E-state index is 6.50. The standard InChI is InChI=1S/C22H19ClN2/c1-16-8-7-9-17(14-16)21-15-22(19-12-5-6-13-20(19)23)25(24-21)18-10-3-2-4-11-18/h2-14,22H,15H2,1H3. The lowest BCUT2D eigenvalue weighted by Gasteiger charge is -2.24. The number of hydrogen-bond donors (Lipinski definition) is 0. The van der Waals surface area contributed by atoms with Gasteiger partial charge in [-0.3, -0.25) is 5.01 Å². The molecule has 0 bridgehead atoms. The Bertz CT molecular complexity index is 918. The molecule has 3 heteroatoms. The average molecular weight is 347 g/mol. The summed E-state index contributed by atoms with van der Waals surface area (Å²) in [7, 11) is 0. The Labute approximate surface area is 153 Å². The number of nitrogens with zero attached hydrogens (tertiary/aromatic N) is 2. The second-order valence-corrected chi connectivity index (χ2v) is 6.74. The Morgan fingerprint density at radius 3 is 2.44 bits per heavy atom. The Morgan fingerprint density at radius 1 is 0.920 bits per heavy atom. The van der Waals surface area contributed by atoms with E-state index in [2.05, 4.69) is 54.4 Å². The molecule has 25 heavy (non-hydrogen) atoms. The van der Waals surface area contributed by atoms with Crippen LogP contribution in [0.4, 0.5) is 5.69 Å². The SMILES string of the molecule is Cc1cccc(C2=NN(c3ccccc3)C(c3ccccc3Cl)C2)c1. The number of hydrogen-bond acceptors (Lipinski definition) is 2. The normalized spacial score (nSPS) is 16.8. The van der Waals surface area contributed by atoms with Crippen LogP contribution >= 0.6 is 11.6 Å². The van der Waals surface area contributed by atoms with Gasteiger partial charge in [-0.25, -0.2) is 0 Å². The van der Waals surface area contributed by atoms with Gasteiger partial charge in [-0.05, 0) is 36.2 Å². The molecule has 0 saturated heterocycles. The van der Waals surface area contributed by atoms with Gasteiger partial charge in [0.25, 0.3) is 0 Å². The first-order chi connectivity index (χ1) is 12.2. The largest absolute Gasteiger partial charge is 0.257 e. The molecule has 1 unspecified atom stereocenters. The van der Waals surface area contributed by atoms with Crippen molar-refractivity contribution in [2.24, 2.45) is 5.10 Å². The molecular weight excluding hydrogens is 328 g/mol. The molecule has 1 aliphatic heterocycles. The first-order valence-electron chi connectivity index (χ1n) is 8.45. The number of halogens is 1. The van der Waals surface area contributed by atoms with E-state index < -0.39 is 0 Å². The summed E-state index contributed by atoms with van der Waals surface area (Å²) in [5.41, 5.74) is 5.70. The van der Waals surface area contributed by atoms with Gasteiger partial charge in [0.1, 0.15) is 0 Å². The van der Waals surface area contributed by atoms with E-state index in [9.17, 15) is 0 Å². The molecule has 0 spiro atoms. The number of aryl methyl sites for hydroxylation is 1. The van der Waals surface area contributed by atoms with Gasteiger partial charge in [0.2, 0.25) is 0 Å². The first-order valence-corrected chi connectivity index (χ1v) is 8.83. The minimum Gasteiger partial charge on any atom is -0.257 e. The summed E-state index contributed by atoms with van der Waals surface area (Å²) >= 11 is 6.50. The Balaban J connectivity index is 1.78. The highest BCUT2D eigenvalue weighted by Crippen LogP contribution is 2.39. The van der Waals surface area contributed by atoms with E-state index in [1.807, 2.05) is 36.4 Å². The Morgan fingerprint density at radius 2 is 1.68 bits per heavy atom. The second-order valence-electron chi connectivity index (χ2n) is 6.34. The predicted molar refractivity (Wildman–Crippen MR) is 105 cm³/mol. The highest BCUT2D eigenvalue weighted by molar-refractivity contribution is 6.31. The Kier molecular flexibility index (Phi) is 4.29. The molecule has 0 aliphatic carbocycles. The zero-order chi connectivity index (χ0) is 17.2. The highest BCUT2D eigenvalue weighted by Gasteiger charge is 2.31. The van der Waals surface area contributed by atoms with Crippen molar-refractivity contribution in [2.45, 2.75) is 19.4 Å². The summed E-state index contributed by atoms with van der Waals surface area (Å²) in [5.74, 6) is 0. The van der Waals surface area contributed by atoms with E-state index >= 15 is 0 Å². The number of benzene rings is 3.